The third-order valence-corrected chi connectivity index (χ3v) is 4.29. The fourth-order valence-electron chi connectivity index (χ4n) is 2.82. The van der Waals surface area contributed by atoms with Crippen molar-refractivity contribution in [2.24, 2.45) is 0 Å². The van der Waals surface area contributed by atoms with Crippen LogP contribution >= 0.6 is 0 Å². The zero-order chi connectivity index (χ0) is 16.4. The van der Waals surface area contributed by atoms with E-state index < -0.39 is 5.69 Å². The minimum Gasteiger partial charge on any atom is -0.340 e. The van der Waals surface area contributed by atoms with Crippen molar-refractivity contribution in [3.8, 4) is 0 Å². The quantitative estimate of drug-likeness (QED) is 0.854. The van der Waals surface area contributed by atoms with E-state index in [1.54, 1.807) is 29.2 Å². The van der Waals surface area contributed by atoms with Crippen molar-refractivity contribution in [1.29, 1.82) is 0 Å². The number of amides is 1. The molecule has 7 heteroatoms. The van der Waals surface area contributed by atoms with E-state index >= 15 is 0 Å². The molecule has 2 aromatic rings. The summed E-state index contributed by atoms with van der Waals surface area (Å²) < 4.78 is 1.11. The van der Waals surface area contributed by atoms with Crippen molar-refractivity contribution in [1.82, 2.24) is 19.4 Å². The van der Waals surface area contributed by atoms with Gasteiger partial charge in [-0.05, 0) is 19.2 Å². The summed E-state index contributed by atoms with van der Waals surface area (Å²) in [5, 5.41) is 0.458. The predicted molar refractivity (Wildman–Crippen MR) is 87.5 cm³/mol. The summed E-state index contributed by atoms with van der Waals surface area (Å²) in [4.78, 5) is 43.3. The number of likely N-dealkylation sites (N-methyl/N-ethyl adjacent to an activating group) is 1. The number of hydrogen-bond donors (Lipinski definition) is 1. The minimum absolute atomic E-state index is 0.0161. The van der Waals surface area contributed by atoms with Crippen LogP contribution in [0.1, 0.15) is 6.42 Å². The van der Waals surface area contributed by atoms with Gasteiger partial charge in [-0.1, -0.05) is 12.1 Å². The molecule has 2 heterocycles. The predicted octanol–water partition coefficient (Wildman–Crippen LogP) is -0.146. The number of piperazine rings is 1. The fourth-order valence-corrected chi connectivity index (χ4v) is 2.82. The van der Waals surface area contributed by atoms with E-state index in [1.807, 2.05) is 7.05 Å². The number of carbonyl (C=O) groups excluding carboxylic acids is 1. The second-order valence-electron chi connectivity index (χ2n) is 5.87. The molecule has 0 unspecified atom stereocenters. The maximum Gasteiger partial charge on any atom is 0.328 e. The van der Waals surface area contributed by atoms with Crippen LogP contribution in [0.25, 0.3) is 10.9 Å². The number of carbonyl (C=O) groups is 1. The summed E-state index contributed by atoms with van der Waals surface area (Å²) in [6.45, 7) is 3.19. The highest BCUT2D eigenvalue weighted by Gasteiger charge is 2.19. The number of para-hydroxylation sites is 1. The van der Waals surface area contributed by atoms with Crippen molar-refractivity contribution in [3.63, 3.8) is 0 Å². The summed E-state index contributed by atoms with van der Waals surface area (Å²) in [6.07, 6.45) is 0.158. The van der Waals surface area contributed by atoms with Crippen molar-refractivity contribution >= 4 is 16.8 Å². The van der Waals surface area contributed by atoms with Gasteiger partial charge >= 0.3 is 5.69 Å². The average Bonchev–Trinajstić information content (AvgIpc) is 2.55. The number of fused-ring (bicyclic) bond motifs is 1. The Balaban J connectivity index is 1.76. The maximum absolute atomic E-state index is 12.4. The second kappa shape index (κ2) is 6.37. The van der Waals surface area contributed by atoms with Gasteiger partial charge in [-0.25, -0.2) is 4.79 Å². The SMILES string of the molecule is CN1CCN(C(=O)CCn2c(=O)[nH]c3ccccc3c2=O)CC1. The van der Waals surface area contributed by atoms with Crippen LogP contribution in [-0.4, -0.2) is 58.5 Å². The standard InChI is InChI=1S/C16H20N4O3/c1-18-8-10-19(11-9-18)14(21)6-7-20-15(22)12-4-2-3-5-13(12)17-16(20)23/h2-5H,6-11H2,1H3,(H,17,23). The average molecular weight is 316 g/mol. The number of aromatic amines is 1. The maximum atomic E-state index is 12.4. The Hall–Kier alpha value is -2.41. The van der Waals surface area contributed by atoms with Gasteiger partial charge in [0.15, 0.2) is 0 Å². The summed E-state index contributed by atoms with van der Waals surface area (Å²) in [6, 6.07) is 6.88. The van der Waals surface area contributed by atoms with Crippen LogP contribution in [0.3, 0.4) is 0 Å². The van der Waals surface area contributed by atoms with Crippen LogP contribution in [0.2, 0.25) is 0 Å². The van der Waals surface area contributed by atoms with E-state index in [1.165, 1.54) is 0 Å². The Morgan fingerprint density at radius 2 is 1.83 bits per heavy atom. The first-order valence-electron chi connectivity index (χ1n) is 7.74. The second-order valence-corrected chi connectivity index (χ2v) is 5.87. The fraction of sp³-hybridized carbons (Fsp3) is 0.438. The Bertz CT molecular complexity index is 831. The van der Waals surface area contributed by atoms with E-state index in [0.717, 1.165) is 17.7 Å². The molecule has 0 saturated carbocycles. The molecule has 1 amide bonds. The number of H-pyrrole nitrogens is 1. The molecule has 7 nitrogen and oxygen atoms in total. The van der Waals surface area contributed by atoms with Gasteiger partial charge in [-0.15, -0.1) is 0 Å². The number of hydrogen-bond acceptors (Lipinski definition) is 4. The molecule has 1 aromatic carbocycles. The highest BCUT2D eigenvalue weighted by Crippen LogP contribution is 2.05. The third kappa shape index (κ3) is 3.19. The van der Waals surface area contributed by atoms with Gasteiger partial charge in [0.2, 0.25) is 5.91 Å². The van der Waals surface area contributed by atoms with Crippen LogP contribution in [0.4, 0.5) is 0 Å². The summed E-state index contributed by atoms with van der Waals surface area (Å²) >= 11 is 0. The molecule has 0 bridgehead atoms. The van der Waals surface area contributed by atoms with Gasteiger partial charge in [0.1, 0.15) is 0 Å². The van der Waals surface area contributed by atoms with Crippen LogP contribution < -0.4 is 11.2 Å². The molecular formula is C16H20N4O3. The normalized spacial score (nSPS) is 16.0. The summed E-state index contributed by atoms with van der Waals surface area (Å²) in [7, 11) is 2.02. The van der Waals surface area contributed by atoms with Gasteiger partial charge in [0.25, 0.3) is 5.56 Å². The van der Waals surface area contributed by atoms with E-state index in [-0.39, 0.29) is 24.4 Å². The van der Waals surface area contributed by atoms with Crippen LogP contribution in [-0.2, 0) is 11.3 Å². The number of aromatic nitrogens is 2. The number of rotatable bonds is 3. The van der Waals surface area contributed by atoms with E-state index in [2.05, 4.69) is 9.88 Å². The zero-order valence-corrected chi connectivity index (χ0v) is 13.1. The lowest BCUT2D eigenvalue weighted by atomic mass is 10.2. The lowest BCUT2D eigenvalue weighted by molar-refractivity contribution is -0.133. The molecule has 1 N–H and O–H groups in total. The van der Waals surface area contributed by atoms with Gasteiger partial charge in [-0.2, -0.15) is 0 Å². The highest BCUT2D eigenvalue weighted by atomic mass is 16.2. The molecule has 23 heavy (non-hydrogen) atoms. The van der Waals surface area contributed by atoms with Crippen LogP contribution in [0, 0.1) is 0 Å². The molecule has 1 aliphatic rings. The Kier molecular flexibility index (Phi) is 4.29. The molecule has 0 aliphatic carbocycles. The van der Waals surface area contributed by atoms with Gasteiger partial charge < -0.3 is 14.8 Å². The zero-order valence-electron chi connectivity index (χ0n) is 13.1. The first kappa shape index (κ1) is 15.5. The number of benzene rings is 1. The van der Waals surface area contributed by atoms with E-state index in [9.17, 15) is 14.4 Å². The highest BCUT2D eigenvalue weighted by molar-refractivity contribution is 5.77. The smallest absolute Gasteiger partial charge is 0.328 e. The number of nitrogens with one attached hydrogen (secondary N) is 1. The van der Waals surface area contributed by atoms with Gasteiger partial charge in [-0.3, -0.25) is 14.2 Å². The minimum atomic E-state index is -0.472. The molecule has 3 rings (SSSR count). The van der Waals surface area contributed by atoms with Crippen molar-refractivity contribution in [3.05, 3.63) is 45.1 Å². The van der Waals surface area contributed by atoms with Gasteiger partial charge in [0, 0.05) is 39.1 Å². The molecule has 122 valence electrons. The Morgan fingerprint density at radius 1 is 1.13 bits per heavy atom. The molecule has 0 atom stereocenters. The lowest BCUT2D eigenvalue weighted by Gasteiger charge is -2.32. The molecule has 0 spiro atoms. The van der Waals surface area contributed by atoms with Crippen molar-refractivity contribution < 1.29 is 4.79 Å². The topological polar surface area (TPSA) is 78.4 Å². The molecule has 1 aromatic heterocycles. The van der Waals surface area contributed by atoms with Crippen molar-refractivity contribution in [2.75, 3.05) is 33.2 Å². The Morgan fingerprint density at radius 3 is 2.57 bits per heavy atom. The van der Waals surface area contributed by atoms with E-state index in [4.69, 9.17) is 0 Å². The summed E-state index contributed by atoms with van der Waals surface area (Å²) in [5.41, 5.74) is -0.306. The van der Waals surface area contributed by atoms with Crippen LogP contribution in [0.15, 0.2) is 33.9 Å². The molecule has 1 aliphatic heterocycles. The van der Waals surface area contributed by atoms with Crippen molar-refractivity contribution in [2.45, 2.75) is 13.0 Å². The van der Waals surface area contributed by atoms with Gasteiger partial charge in [0.05, 0.1) is 10.9 Å². The van der Waals surface area contributed by atoms with Crippen LogP contribution in [0.5, 0.6) is 0 Å². The monoisotopic (exact) mass is 316 g/mol. The summed E-state index contributed by atoms with van der Waals surface area (Å²) in [5.74, 6) is -0.0161. The largest absolute Gasteiger partial charge is 0.340 e. The first-order chi connectivity index (χ1) is 11.1. The molecular weight excluding hydrogens is 296 g/mol. The first-order valence-corrected chi connectivity index (χ1v) is 7.74. The number of nitrogens with zero attached hydrogens (tertiary/aromatic N) is 3. The molecule has 1 fully saturated rings. The molecule has 1 saturated heterocycles. The third-order valence-electron chi connectivity index (χ3n) is 4.29. The molecule has 0 radical (unpaired) electrons. The van der Waals surface area contributed by atoms with E-state index in [0.29, 0.717) is 24.0 Å². The Labute approximate surface area is 133 Å². The lowest BCUT2D eigenvalue weighted by Crippen LogP contribution is -2.47.